The number of nitrogen functional groups attached to an aromatic ring is 1. The summed E-state index contributed by atoms with van der Waals surface area (Å²) in [5.41, 5.74) is 13.4. The van der Waals surface area contributed by atoms with E-state index in [1.807, 2.05) is 12.1 Å². The number of primary amides is 1. The van der Waals surface area contributed by atoms with Crippen molar-refractivity contribution in [1.29, 1.82) is 10.5 Å². The van der Waals surface area contributed by atoms with Gasteiger partial charge in [-0.1, -0.05) is 30.3 Å². The molecule has 0 saturated carbocycles. The summed E-state index contributed by atoms with van der Waals surface area (Å²) in [6.45, 7) is 0.170. The third kappa shape index (κ3) is 4.12. The normalized spacial score (nSPS) is 10.0. The number of benzene rings is 1. The van der Waals surface area contributed by atoms with Crippen LogP contribution in [0.5, 0.6) is 5.88 Å². The number of carbonyl (C=O) groups is 1. The van der Waals surface area contributed by atoms with Gasteiger partial charge >= 0.3 is 0 Å². The summed E-state index contributed by atoms with van der Waals surface area (Å²) in [4.78, 5) is 19.2. The molecular weight excluding hydrogens is 368 g/mol. The summed E-state index contributed by atoms with van der Waals surface area (Å²) in [6.07, 6.45) is 1.91. The Hall–Kier alpha value is -4.43. The van der Waals surface area contributed by atoms with E-state index < -0.39 is 5.91 Å². The summed E-state index contributed by atoms with van der Waals surface area (Å²) in [6, 6.07) is 16.4. The van der Waals surface area contributed by atoms with Crippen molar-refractivity contribution in [3.05, 3.63) is 71.0 Å². The molecule has 8 heteroatoms. The lowest BCUT2D eigenvalue weighted by Crippen LogP contribution is -2.14. The van der Waals surface area contributed by atoms with Gasteiger partial charge in [0, 0.05) is 18.2 Å². The number of hydrogen-bond donors (Lipinski definition) is 2. The van der Waals surface area contributed by atoms with Gasteiger partial charge < -0.3 is 16.2 Å². The summed E-state index contributed by atoms with van der Waals surface area (Å²) in [5.74, 6) is -0.583. The van der Waals surface area contributed by atoms with E-state index in [-0.39, 0.29) is 35.1 Å². The molecule has 0 bridgehead atoms. The first-order valence-electron chi connectivity index (χ1n) is 8.61. The van der Waals surface area contributed by atoms with Crippen LogP contribution in [0.15, 0.2) is 48.7 Å². The molecule has 0 aliphatic carbocycles. The van der Waals surface area contributed by atoms with Crippen LogP contribution >= 0.6 is 0 Å². The van der Waals surface area contributed by atoms with Gasteiger partial charge in [0.15, 0.2) is 0 Å². The van der Waals surface area contributed by atoms with Crippen LogP contribution in [0, 0.1) is 22.7 Å². The van der Waals surface area contributed by atoms with Gasteiger partial charge in [-0.3, -0.25) is 9.78 Å². The lowest BCUT2D eigenvalue weighted by Gasteiger charge is -2.14. The maximum Gasteiger partial charge on any atom is 0.267 e. The number of nitriles is 2. The number of carbonyl (C=O) groups excluding carboxylic acids is 1. The molecule has 2 heterocycles. The van der Waals surface area contributed by atoms with Gasteiger partial charge in [-0.15, -0.1) is 0 Å². The molecule has 0 aliphatic rings. The SMILES string of the molecule is N#Cc1c(N)nc(OCCc2ccnc(C(N)=O)c2)c(C#N)c1-c1ccccc1. The van der Waals surface area contributed by atoms with Crippen molar-refractivity contribution in [2.75, 3.05) is 12.3 Å². The molecule has 3 rings (SSSR count). The topological polar surface area (TPSA) is 152 Å². The highest BCUT2D eigenvalue weighted by atomic mass is 16.5. The summed E-state index contributed by atoms with van der Waals surface area (Å²) >= 11 is 0. The van der Waals surface area contributed by atoms with Crippen molar-refractivity contribution in [1.82, 2.24) is 9.97 Å². The zero-order valence-corrected chi connectivity index (χ0v) is 15.3. The fourth-order valence-corrected chi connectivity index (χ4v) is 2.83. The van der Waals surface area contributed by atoms with E-state index in [0.29, 0.717) is 17.5 Å². The van der Waals surface area contributed by atoms with Crippen LogP contribution in [-0.2, 0) is 6.42 Å². The number of nitrogens with two attached hydrogens (primary N) is 2. The van der Waals surface area contributed by atoms with Crippen molar-refractivity contribution in [3.63, 3.8) is 0 Å². The van der Waals surface area contributed by atoms with E-state index in [0.717, 1.165) is 5.56 Å². The summed E-state index contributed by atoms with van der Waals surface area (Å²) in [7, 11) is 0. The molecule has 29 heavy (non-hydrogen) atoms. The van der Waals surface area contributed by atoms with Crippen molar-refractivity contribution < 1.29 is 9.53 Å². The highest BCUT2D eigenvalue weighted by Gasteiger charge is 2.21. The van der Waals surface area contributed by atoms with Crippen LogP contribution < -0.4 is 16.2 Å². The molecular formula is C21H16N6O2. The maximum absolute atomic E-state index is 11.2. The zero-order valence-electron chi connectivity index (χ0n) is 15.3. The van der Waals surface area contributed by atoms with E-state index in [2.05, 4.69) is 16.0 Å². The maximum atomic E-state index is 11.2. The first-order valence-corrected chi connectivity index (χ1v) is 8.61. The van der Waals surface area contributed by atoms with Gasteiger partial charge in [0.1, 0.15) is 34.8 Å². The van der Waals surface area contributed by atoms with Gasteiger partial charge in [0.05, 0.1) is 6.61 Å². The number of ether oxygens (including phenoxy) is 1. The van der Waals surface area contributed by atoms with E-state index in [1.165, 1.54) is 6.20 Å². The Morgan fingerprint density at radius 3 is 2.48 bits per heavy atom. The van der Waals surface area contributed by atoms with Crippen LogP contribution in [0.3, 0.4) is 0 Å². The summed E-state index contributed by atoms with van der Waals surface area (Å²) in [5, 5.41) is 19.2. The minimum atomic E-state index is -0.617. The molecule has 1 amide bonds. The predicted octanol–water partition coefficient (Wildman–Crippen LogP) is 2.19. The number of rotatable bonds is 6. The number of anilines is 1. The van der Waals surface area contributed by atoms with Crippen LogP contribution in [0.25, 0.3) is 11.1 Å². The van der Waals surface area contributed by atoms with Crippen molar-refractivity contribution >= 4 is 11.7 Å². The van der Waals surface area contributed by atoms with E-state index >= 15 is 0 Å². The van der Waals surface area contributed by atoms with Crippen LogP contribution in [0.2, 0.25) is 0 Å². The van der Waals surface area contributed by atoms with E-state index in [4.69, 9.17) is 16.2 Å². The molecule has 0 spiro atoms. The summed E-state index contributed by atoms with van der Waals surface area (Å²) < 4.78 is 5.72. The standard InChI is InChI=1S/C21H16N6O2/c22-11-15-18(14-4-2-1-3-5-14)16(12-23)21(27-19(15)24)29-9-7-13-6-8-26-17(10-13)20(25)28/h1-6,8,10H,7,9H2,(H2,24,27)(H2,25,28). The number of amides is 1. The quantitative estimate of drug-likeness (QED) is 0.660. The Morgan fingerprint density at radius 2 is 1.83 bits per heavy atom. The van der Waals surface area contributed by atoms with Gasteiger partial charge in [-0.2, -0.15) is 15.5 Å². The van der Waals surface area contributed by atoms with Gasteiger partial charge in [-0.25, -0.2) is 0 Å². The lowest BCUT2D eigenvalue weighted by atomic mass is 9.96. The minimum Gasteiger partial charge on any atom is -0.476 e. The largest absolute Gasteiger partial charge is 0.476 e. The molecule has 4 N–H and O–H groups in total. The van der Waals surface area contributed by atoms with Crippen LogP contribution in [0.4, 0.5) is 5.82 Å². The Morgan fingerprint density at radius 1 is 1.10 bits per heavy atom. The molecule has 0 fully saturated rings. The van der Waals surface area contributed by atoms with Crippen LogP contribution in [0.1, 0.15) is 27.2 Å². The average molecular weight is 384 g/mol. The second-order valence-corrected chi connectivity index (χ2v) is 6.03. The predicted molar refractivity (Wildman–Crippen MR) is 105 cm³/mol. The highest BCUT2D eigenvalue weighted by Crippen LogP contribution is 2.34. The molecule has 0 unspecified atom stereocenters. The van der Waals surface area contributed by atoms with Crippen molar-refractivity contribution in [3.8, 4) is 29.1 Å². The third-order valence-corrected chi connectivity index (χ3v) is 4.18. The van der Waals surface area contributed by atoms with Gasteiger partial charge in [0.2, 0.25) is 5.88 Å². The third-order valence-electron chi connectivity index (χ3n) is 4.18. The number of nitrogens with zero attached hydrogens (tertiary/aromatic N) is 4. The molecule has 0 atom stereocenters. The monoisotopic (exact) mass is 384 g/mol. The first-order chi connectivity index (χ1) is 14.0. The number of aromatic nitrogens is 2. The smallest absolute Gasteiger partial charge is 0.267 e. The molecule has 0 saturated heterocycles. The fourth-order valence-electron chi connectivity index (χ4n) is 2.83. The zero-order chi connectivity index (χ0) is 20.8. The van der Waals surface area contributed by atoms with Crippen molar-refractivity contribution in [2.24, 2.45) is 5.73 Å². The minimum absolute atomic E-state index is 0.0136. The Balaban J connectivity index is 1.91. The first kappa shape index (κ1) is 19.3. The molecule has 2 aromatic heterocycles. The van der Waals surface area contributed by atoms with Gasteiger partial charge in [0.25, 0.3) is 5.91 Å². The average Bonchev–Trinajstić information content (AvgIpc) is 2.74. The Labute approximate surface area is 167 Å². The molecule has 142 valence electrons. The Kier molecular flexibility index (Phi) is 5.67. The highest BCUT2D eigenvalue weighted by molar-refractivity contribution is 5.90. The van der Waals surface area contributed by atoms with E-state index in [1.54, 1.807) is 36.4 Å². The number of pyridine rings is 2. The Bertz CT molecular complexity index is 1150. The lowest BCUT2D eigenvalue weighted by molar-refractivity contribution is 0.0995. The van der Waals surface area contributed by atoms with Crippen LogP contribution in [-0.4, -0.2) is 22.5 Å². The number of hydrogen-bond acceptors (Lipinski definition) is 7. The van der Waals surface area contributed by atoms with Gasteiger partial charge in [-0.05, 0) is 23.3 Å². The molecule has 3 aromatic rings. The second kappa shape index (κ2) is 8.51. The van der Waals surface area contributed by atoms with E-state index in [9.17, 15) is 15.3 Å². The molecule has 0 aliphatic heterocycles. The fraction of sp³-hybridized carbons (Fsp3) is 0.0952. The molecule has 8 nitrogen and oxygen atoms in total. The van der Waals surface area contributed by atoms with Crippen molar-refractivity contribution in [2.45, 2.75) is 6.42 Å². The molecule has 1 aromatic carbocycles. The molecule has 0 radical (unpaired) electrons. The second-order valence-electron chi connectivity index (χ2n) is 6.03.